The van der Waals surface area contributed by atoms with Crippen LogP contribution >= 0.6 is 0 Å². The average Bonchev–Trinajstić information content (AvgIpc) is 2.89. The van der Waals surface area contributed by atoms with Crippen LogP contribution in [0.1, 0.15) is 18.2 Å². The lowest BCUT2D eigenvalue weighted by Gasteiger charge is -2.10. The van der Waals surface area contributed by atoms with E-state index in [0.29, 0.717) is 0 Å². The summed E-state index contributed by atoms with van der Waals surface area (Å²) in [5.41, 5.74) is 3.99. The second-order valence-electron chi connectivity index (χ2n) is 5.51. The quantitative estimate of drug-likeness (QED) is 0.722. The normalized spacial score (nSPS) is 10.4. The van der Waals surface area contributed by atoms with E-state index in [0.717, 1.165) is 25.1 Å². The van der Waals surface area contributed by atoms with Gasteiger partial charge in [-0.15, -0.1) is 0 Å². The highest BCUT2D eigenvalue weighted by atomic mass is 16.5. The van der Waals surface area contributed by atoms with Crippen LogP contribution in [0.3, 0.4) is 0 Å². The highest BCUT2D eigenvalue weighted by molar-refractivity contribution is 6.27. The van der Waals surface area contributed by atoms with Gasteiger partial charge in [0.2, 0.25) is 0 Å². The maximum atomic E-state index is 9.10. The van der Waals surface area contributed by atoms with Crippen LogP contribution in [0, 0.1) is 0 Å². The van der Waals surface area contributed by atoms with Crippen molar-refractivity contribution in [2.75, 3.05) is 27.7 Å². The number of fused-ring (bicyclic) bond motifs is 1. The van der Waals surface area contributed by atoms with Crippen LogP contribution in [0.2, 0.25) is 0 Å². The van der Waals surface area contributed by atoms with Gasteiger partial charge in [-0.1, -0.05) is 6.92 Å². The third kappa shape index (κ3) is 5.27. The van der Waals surface area contributed by atoms with E-state index in [1.165, 1.54) is 22.2 Å². The largest absolute Gasteiger partial charge is 0.497 e. The Morgan fingerprint density at radius 3 is 2.29 bits per heavy atom. The van der Waals surface area contributed by atoms with E-state index < -0.39 is 11.9 Å². The number of carboxylic acids is 2. The molecule has 0 saturated carbocycles. The molecule has 0 bridgehead atoms. The van der Waals surface area contributed by atoms with E-state index in [1.807, 2.05) is 6.07 Å². The van der Waals surface area contributed by atoms with Gasteiger partial charge in [0.05, 0.1) is 7.11 Å². The smallest absolute Gasteiger partial charge is 0.414 e. The standard InChI is InChI=1S/C15H22N2O.C2H2O4/c1-5-14-12(8-9-17(2)3)13-10-11(18-4)6-7-15(13)16-14;3-1(4)2(5)6/h6-7,10,16H,5,8-9H2,1-4H3;(H,3,4)(H,5,6). The minimum Gasteiger partial charge on any atom is -0.497 e. The molecule has 24 heavy (non-hydrogen) atoms. The maximum absolute atomic E-state index is 9.10. The molecule has 0 fully saturated rings. The van der Waals surface area contributed by atoms with E-state index >= 15 is 0 Å². The summed E-state index contributed by atoms with van der Waals surface area (Å²) in [5.74, 6) is -2.72. The number of carboxylic acid groups (broad SMARTS) is 2. The molecule has 0 aliphatic rings. The number of methoxy groups -OCH3 is 1. The van der Waals surface area contributed by atoms with E-state index in [2.05, 4.69) is 43.0 Å². The van der Waals surface area contributed by atoms with Crippen molar-refractivity contribution >= 4 is 22.8 Å². The zero-order valence-corrected chi connectivity index (χ0v) is 14.4. The number of nitrogens with zero attached hydrogens (tertiary/aromatic N) is 1. The molecule has 2 aromatic rings. The number of likely N-dealkylation sites (N-methyl/N-ethyl adjacent to an activating group) is 1. The zero-order chi connectivity index (χ0) is 18.3. The van der Waals surface area contributed by atoms with Crippen molar-refractivity contribution in [1.82, 2.24) is 9.88 Å². The predicted octanol–water partition coefficient (Wildman–Crippen LogP) is 2.00. The van der Waals surface area contributed by atoms with Crippen molar-refractivity contribution in [3.8, 4) is 5.75 Å². The number of aromatic amines is 1. The first-order chi connectivity index (χ1) is 11.3. The lowest BCUT2D eigenvalue weighted by atomic mass is 10.1. The van der Waals surface area contributed by atoms with Gasteiger partial charge in [-0.25, -0.2) is 9.59 Å². The van der Waals surface area contributed by atoms with Crippen LogP contribution in [0.15, 0.2) is 18.2 Å². The molecule has 2 rings (SSSR count). The SMILES string of the molecule is CCc1[nH]c2ccc(OC)cc2c1CCN(C)C.O=C(O)C(=O)O. The summed E-state index contributed by atoms with van der Waals surface area (Å²) in [5, 5.41) is 16.1. The zero-order valence-electron chi connectivity index (χ0n) is 14.4. The number of benzene rings is 1. The van der Waals surface area contributed by atoms with Gasteiger partial charge in [0.25, 0.3) is 0 Å². The number of aryl methyl sites for hydroxylation is 1. The van der Waals surface area contributed by atoms with Crippen molar-refractivity contribution in [3.63, 3.8) is 0 Å². The Labute approximate surface area is 140 Å². The van der Waals surface area contributed by atoms with Crippen molar-refractivity contribution in [3.05, 3.63) is 29.5 Å². The third-order valence-electron chi connectivity index (χ3n) is 3.55. The van der Waals surface area contributed by atoms with Gasteiger partial charge in [0, 0.05) is 23.1 Å². The molecule has 0 aliphatic heterocycles. The van der Waals surface area contributed by atoms with Gasteiger partial charge in [0.15, 0.2) is 0 Å². The van der Waals surface area contributed by atoms with Gasteiger partial charge >= 0.3 is 11.9 Å². The molecule has 1 aromatic carbocycles. The molecule has 0 aliphatic carbocycles. The molecule has 1 aromatic heterocycles. The number of hydrogen-bond donors (Lipinski definition) is 3. The van der Waals surface area contributed by atoms with Crippen molar-refractivity contribution in [2.24, 2.45) is 0 Å². The van der Waals surface area contributed by atoms with Crippen LogP contribution in [0.5, 0.6) is 5.75 Å². The topological polar surface area (TPSA) is 103 Å². The fourth-order valence-electron chi connectivity index (χ4n) is 2.33. The van der Waals surface area contributed by atoms with Gasteiger partial charge in [-0.3, -0.25) is 0 Å². The summed E-state index contributed by atoms with van der Waals surface area (Å²) < 4.78 is 5.32. The van der Waals surface area contributed by atoms with E-state index in [1.54, 1.807) is 7.11 Å². The number of rotatable bonds is 5. The van der Waals surface area contributed by atoms with Gasteiger partial charge in [0.1, 0.15) is 5.75 Å². The maximum Gasteiger partial charge on any atom is 0.414 e. The number of aliphatic carboxylic acids is 2. The minimum atomic E-state index is -1.82. The molecule has 0 saturated heterocycles. The molecular weight excluding hydrogens is 312 g/mol. The van der Waals surface area contributed by atoms with Crippen molar-refractivity contribution in [2.45, 2.75) is 19.8 Å². The Hall–Kier alpha value is -2.54. The van der Waals surface area contributed by atoms with Crippen LogP contribution in [-0.2, 0) is 22.4 Å². The number of hydrogen-bond acceptors (Lipinski definition) is 4. The van der Waals surface area contributed by atoms with Crippen LogP contribution in [-0.4, -0.2) is 59.8 Å². The molecule has 0 spiro atoms. The van der Waals surface area contributed by atoms with Crippen LogP contribution < -0.4 is 4.74 Å². The average molecular weight is 336 g/mol. The summed E-state index contributed by atoms with van der Waals surface area (Å²) in [7, 11) is 5.94. The fraction of sp³-hybridized carbons (Fsp3) is 0.412. The number of H-pyrrole nitrogens is 1. The van der Waals surface area contributed by atoms with Crippen molar-refractivity contribution in [1.29, 1.82) is 0 Å². The van der Waals surface area contributed by atoms with Gasteiger partial charge in [-0.05, 0) is 50.7 Å². The first kappa shape index (κ1) is 19.5. The van der Waals surface area contributed by atoms with E-state index in [-0.39, 0.29) is 0 Å². The number of ether oxygens (including phenoxy) is 1. The Kier molecular flexibility index (Phi) is 7.26. The lowest BCUT2D eigenvalue weighted by molar-refractivity contribution is -0.159. The Bertz CT molecular complexity index is 694. The number of nitrogens with one attached hydrogen (secondary N) is 1. The first-order valence-electron chi connectivity index (χ1n) is 7.58. The third-order valence-corrected chi connectivity index (χ3v) is 3.55. The Morgan fingerprint density at radius 2 is 1.83 bits per heavy atom. The molecule has 3 N–H and O–H groups in total. The number of aromatic nitrogens is 1. The monoisotopic (exact) mass is 336 g/mol. The first-order valence-corrected chi connectivity index (χ1v) is 7.58. The molecule has 1 heterocycles. The molecule has 0 amide bonds. The summed E-state index contributed by atoms with van der Waals surface area (Å²) in [4.78, 5) is 23.9. The van der Waals surface area contributed by atoms with E-state index in [9.17, 15) is 0 Å². The molecule has 7 nitrogen and oxygen atoms in total. The molecule has 0 radical (unpaired) electrons. The van der Waals surface area contributed by atoms with Crippen LogP contribution in [0.4, 0.5) is 0 Å². The fourth-order valence-corrected chi connectivity index (χ4v) is 2.33. The Morgan fingerprint density at radius 1 is 1.21 bits per heavy atom. The highest BCUT2D eigenvalue weighted by Gasteiger charge is 2.11. The second-order valence-corrected chi connectivity index (χ2v) is 5.51. The summed E-state index contributed by atoms with van der Waals surface area (Å²) in [6, 6.07) is 6.25. The number of carbonyl (C=O) groups is 2. The predicted molar refractivity (Wildman–Crippen MR) is 91.8 cm³/mol. The molecule has 0 unspecified atom stereocenters. The van der Waals surface area contributed by atoms with Gasteiger partial charge < -0.3 is 24.8 Å². The lowest BCUT2D eigenvalue weighted by Crippen LogP contribution is -2.15. The highest BCUT2D eigenvalue weighted by Crippen LogP contribution is 2.27. The molecular formula is C17H24N2O5. The summed E-state index contributed by atoms with van der Waals surface area (Å²) in [6.07, 6.45) is 2.11. The molecule has 132 valence electrons. The second kappa shape index (κ2) is 8.93. The Balaban J connectivity index is 0.000000413. The van der Waals surface area contributed by atoms with Gasteiger partial charge in [-0.2, -0.15) is 0 Å². The molecule has 0 atom stereocenters. The summed E-state index contributed by atoms with van der Waals surface area (Å²) in [6.45, 7) is 3.26. The van der Waals surface area contributed by atoms with Crippen LogP contribution in [0.25, 0.3) is 10.9 Å². The minimum absolute atomic E-state index is 0.926. The molecule has 7 heteroatoms. The van der Waals surface area contributed by atoms with Crippen molar-refractivity contribution < 1.29 is 24.5 Å². The van der Waals surface area contributed by atoms with E-state index in [4.69, 9.17) is 24.5 Å². The summed E-state index contributed by atoms with van der Waals surface area (Å²) >= 11 is 0.